The largest absolute Gasteiger partial charge is 0.477 e. The summed E-state index contributed by atoms with van der Waals surface area (Å²) < 4.78 is 5.94. The SMILES string of the molecule is CCCc1onc(-c2cc(Br)ccc2Cl)c1C(=O)O. The van der Waals surface area contributed by atoms with Crippen LogP contribution in [-0.4, -0.2) is 16.2 Å². The van der Waals surface area contributed by atoms with E-state index in [1.165, 1.54) is 0 Å². The number of benzene rings is 1. The van der Waals surface area contributed by atoms with Gasteiger partial charge in [-0.05, 0) is 24.6 Å². The molecule has 100 valence electrons. The Morgan fingerprint density at radius 1 is 1.53 bits per heavy atom. The molecule has 0 saturated heterocycles. The highest BCUT2D eigenvalue weighted by Crippen LogP contribution is 2.33. The number of aromatic nitrogens is 1. The summed E-state index contributed by atoms with van der Waals surface area (Å²) in [6, 6.07) is 5.18. The number of carboxylic acids is 1. The molecule has 0 aliphatic rings. The second-order valence-corrected chi connectivity index (χ2v) is 5.33. The van der Waals surface area contributed by atoms with Gasteiger partial charge in [0.05, 0.1) is 5.02 Å². The lowest BCUT2D eigenvalue weighted by Crippen LogP contribution is -2.01. The molecular weight excluding hydrogens is 334 g/mol. The van der Waals surface area contributed by atoms with Crippen LogP contribution in [0.4, 0.5) is 0 Å². The van der Waals surface area contributed by atoms with Crippen LogP contribution < -0.4 is 0 Å². The summed E-state index contributed by atoms with van der Waals surface area (Å²) in [4.78, 5) is 11.4. The number of aromatic carboxylic acids is 1. The lowest BCUT2D eigenvalue weighted by molar-refractivity contribution is 0.0695. The second-order valence-electron chi connectivity index (χ2n) is 4.01. The van der Waals surface area contributed by atoms with Gasteiger partial charge in [-0.1, -0.05) is 39.6 Å². The number of carboxylic acid groups (broad SMARTS) is 1. The Morgan fingerprint density at radius 3 is 2.89 bits per heavy atom. The van der Waals surface area contributed by atoms with Gasteiger partial charge in [-0.2, -0.15) is 0 Å². The zero-order chi connectivity index (χ0) is 14.0. The van der Waals surface area contributed by atoms with Gasteiger partial charge < -0.3 is 9.63 Å². The van der Waals surface area contributed by atoms with E-state index < -0.39 is 5.97 Å². The van der Waals surface area contributed by atoms with Crippen LogP contribution in [0.3, 0.4) is 0 Å². The van der Waals surface area contributed by atoms with Crippen LogP contribution in [0.25, 0.3) is 11.3 Å². The van der Waals surface area contributed by atoms with Gasteiger partial charge in [0.2, 0.25) is 0 Å². The summed E-state index contributed by atoms with van der Waals surface area (Å²) >= 11 is 9.43. The monoisotopic (exact) mass is 343 g/mol. The van der Waals surface area contributed by atoms with Crippen molar-refractivity contribution in [2.24, 2.45) is 0 Å². The third-order valence-electron chi connectivity index (χ3n) is 2.64. The molecule has 0 saturated carbocycles. The summed E-state index contributed by atoms with van der Waals surface area (Å²) in [5.74, 6) is -0.684. The molecule has 0 atom stereocenters. The normalized spacial score (nSPS) is 10.7. The van der Waals surface area contributed by atoms with Crippen molar-refractivity contribution in [3.63, 3.8) is 0 Å². The smallest absolute Gasteiger partial charge is 0.341 e. The molecular formula is C13H11BrClNO3. The Hall–Kier alpha value is -1.33. The maximum atomic E-state index is 11.4. The summed E-state index contributed by atoms with van der Waals surface area (Å²) in [6.07, 6.45) is 1.31. The molecule has 19 heavy (non-hydrogen) atoms. The first-order chi connectivity index (χ1) is 9.04. The van der Waals surface area contributed by atoms with E-state index >= 15 is 0 Å². The van der Waals surface area contributed by atoms with Crippen molar-refractivity contribution in [1.82, 2.24) is 5.16 Å². The summed E-state index contributed by atoms with van der Waals surface area (Å²) in [5.41, 5.74) is 0.892. The van der Waals surface area contributed by atoms with Gasteiger partial charge in [0.25, 0.3) is 0 Å². The Morgan fingerprint density at radius 2 is 2.26 bits per heavy atom. The standard InChI is InChI=1S/C13H11BrClNO3/c1-2-3-10-11(13(17)18)12(16-19-10)8-6-7(14)4-5-9(8)15/h4-6H,2-3H2,1H3,(H,17,18). The van der Waals surface area contributed by atoms with Gasteiger partial charge in [0.1, 0.15) is 11.3 Å². The molecule has 0 aliphatic carbocycles. The van der Waals surface area contributed by atoms with E-state index in [1.54, 1.807) is 18.2 Å². The van der Waals surface area contributed by atoms with Crippen LogP contribution in [0.1, 0.15) is 29.5 Å². The molecule has 0 aliphatic heterocycles. The molecule has 2 aromatic rings. The van der Waals surface area contributed by atoms with Crippen LogP contribution >= 0.6 is 27.5 Å². The van der Waals surface area contributed by atoms with Crippen molar-refractivity contribution < 1.29 is 14.4 Å². The summed E-state index contributed by atoms with van der Waals surface area (Å²) in [5, 5.41) is 13.6. The van der Waals surface area contributed by atoms with Crippen molar-refractivity contribution in [2.75, 3.05) is 0 Å². The van der Waals surface area contributed by atoms with E-state index in [9.17, 15) is 9.90 Å². The average Bonchev–Trinajstić information content (AvgIpc) is 2.76. The average molecular weight is 345 g/mol. The molecule has 0 unspecified atom stereocenters. The van der Waals surface area contributed by atoms with Gasteiger partial charge in [-0.15, -0.1) is 0 Å². The number of hydrogen-bond donors (Lipinski definition) is 1. The van der Waals surface area contributed by atoms with E-state index in [2.05, 4.69) is 21.1 Å². The van der Waals surface area contributed by atoms with Crippen molar-refractivity contribution in [3.05, 3.63) is 39.0 Å². The minimum absolute atomic E-state index is 0.0850. The fraction of sp³-hybridized carbons (Fsp3) is 0.231. The van der Waals surface area contributed by atoms with Gasteiger partial charge in [-0.3, -0.25) is 0 Å². The topological polar surface area (TPSA) is 63.3 Å². The first kappa shape index (κ1) is 14.1. The van der Waals surface area contributed by atoms with Gasteiger partial charge in [0.15, 0.2) is 5.76 Å². The highest BCUT2D eigenvalue weighted by atomic mass is 79.9. The van der Waals surface area contributed by atoms with Gasteiger partial charge in [0, 0.05) is 16.5 Å². The molecule has 0 fully saturated rings. The predicted octanol–water partition coefficient (Wildman–Crippen LogP) is 4.41. The second kappa shape index (κ2) is 5.75. The molecule has 1 heterocycles. The first-order valence-electron chi connectivity index (χ1n) is 5.71. The van der Waals surface area contributed by atoms with E-state index in [4.69, 9.17) is 16.1 Å². The third-order valence-corrected chi connectivity index (χ3v) is 3.46. The van der Waals surface area contributed by atoms with Crippen molar-refractivity contribution in [2.45, 2.75) is 19.8 Å². The van der Waals surface area contributed by atoms with E-state index in [0.29, 0.717) is 22.8 Å². The molecule has 0 spiro atoms. The molecule has 1 N–H and O–H groups in total. The highest BCUT2D eigenvalue weighted by molar-refractivity contribution is 9.10. The molecule has 2 rings (SSSR count). The van der Waals surface area contributed by atoms with Crippen LogP contribution in [-0.2, 0) is 6.42 Å². The molecule has 1 aromatic carbocycles. The molecule has 1 aromatic heterocycles. The number of rotatable bonds is 4. The third kappa shape index (κ3) is 2.82. The van der Waals surface area contributed by atoms with Crippen LogP contribution in [0.2, 0.25) is 5.02 Å². The fourth-order valence-corrected chi connectivity index (χ4v) is 2.37. The summed E-state index contributed by atoms with van der Waals surface area (Å²) in [7, 11) is 0. The van der Waals surface area contributed by atoms with Crippen LogP contribution in [0, 0.1) is 0 Å². The van der Waals surface area contributed by atoms with E-state index in [1.807, 2.05) is 6.92 Å². The number of aryl methyl sites for hydroxylation is 1. The number of carbonyl (C=O) groups is 1. The molecule has 0 bridgehead atoms. The minimum Gasteiger partial charge on any atom is -0.477 e. The highest BCUT2D eigenvalue weighted by Gasteiger charge is 2.24. The number of halogens is 2. The number of hydrogen-bond acceptors (Lipinski definition) is 3. The predicted molar refractivity (Wildman–Crippen MR) is 75.6 cm³/mol. The van der Waals surface area contributed by atoms with E-state index in [0.717, 1.165) is 10.9 Å². The molecule has 4 nitrogen and oxygen atoms in total. The quantitative estimate of drug-likeness (QED) is 0.892. The van der Waals surface area contributed by atoms with Crippen molar-refractivity contribution >= 4 is 33.5 Å². The van der Waals surface area contributed by atoms with Crippen molar-refractivity contribution in [1.29, 1.82) is 0 Å². The molecule has 0 amide bonds. The zero-order valence-corrected chi connectivity index (χ0v) is 12.5. The first-order valence-corrected chi connectivity index (χ1v) is 6.89. The Balaban J connectivity index is 2.62. The Kier molecular flexibility index (Phi) is 4.27. The van der Waals surface area contributed by atoms with Gasteiger partial charge in [-0.25, -0.2) is 4.79 Å². The zero-order valence-electron chi connectivity index (χ0n) is 10.1. The molecule has 0 radical (unpaired) electrons. The minimum atomic E-state index is -1.06. The molecule has 6 heteroatoms. The lowest BCUT2D eigenvalue weighted by Gasteiger charge is -2.02. The maximum Gasteiger partial charge on any atom is 0.341 e. The number of nitrogens with zero attached hydrogens (tertiary/aromatic N) is 1. The van der Waals surface area contributed by atoms with Gasteiger partial charge >= 0.3 is 5.97 Å². The maximum absolute atomic E-state index is 11.4. The van der Waals surface area contributed by atoms with E-state index in [-0.39, 0.29) is 11.3 Å². The lowest BCUT2D eigenvalue weighted by atomic mass is 10.0. The Labute approximate surface area is 123 Å². The fourth-order valence-electron chi connectivity index (χ4n) is 1.81. The van der Waals surface area contributed by atoms with Crippen LogP contribution in [0.15, 0.2) is 27.2 Å². The summed E-state index contributed by atoms with van der Waals surface area (Å²) in [6.45, 7) is 1.94. The Bertz CT molecular complexity index is 624. The van der Waals surface area contributed by atoms with Crippen LogP contribution in [0.5, 0.6) is 0 Å². The van der Waals surface area contributed by atoms with Crippen molar-refractivity contribution in [3.8, 4) is 11.3 Å².